The zero-order valence-electron chi connectivity index (χ0n) is 14.9. The van der Waals surface area contributed by atoms with E-state index in [-0.39, 0.29) is 24.7 Å². The molecule has 5 nitrogen and oxygen atoms in total. The Kier molecular flexibility index (Phi) is 7.48. The number of hydrogen-bond donors (Lipinski definition) is 1. The van der Waals surface area contributed by atoms with Gasteiger partial charge in [-0.15, -0.1) is 0 Å². The standard InChI is InChI=1S/C20H22ClNO4/c1-3-26-18-9-7-14(11-19(18)25-2)8-10-20(24)22-13-17(23)15-5-4-6-16(21)12-15/h4-7,9,11-12H,3,8,10,13H2,1-2H3,(H,22,24). The Bertz CT molecular complexity index is 776. The maximum absolute atomic E-state index is 12.1. The van der Waals surface area contributed by atoms with E-state index < -0.39 is 0 Å². The quantitative estimate of drug-likeness (QED) is 0.679. The van der Waals surface area contributed by atoms with E-state index in [9.17, 15) is 9.59 Å². The Morgan fingerprint density at radius 3 is 2.62 bits per heavy atom. The van der Waals surface area contributed by atoms with Gasteiger partial charge in [0.2, 0.25) is 5.91 Å². The molecule has 2 rings (SSSR count). The van der Waals surface area contributed by atoms with Gasteiger partial charge in [0.15, 0.2) is 17.3 Å². The maximum atomic E-state index is 12.1. The lowest BCUT2D eigenvalue weighted by Crippen LogP contribution is -2.29. The summed E-state index contributed by atoms with van der Waals surface area (Å²) in [4.78, 5) is 24.1. The lowest BCUT2D eigenvalue weighted by atomic mass is 10.1. The first-order valence-electron chi connectivity index (χ1n) is 8.38. The first kappa shape index (κ1) is 19.8. The number of rotatable bonds is 9. The van der Waals surface area contributed by atoms with Crippen molar-refractivity contribution < 1.29 is 19.1 Å². The molecule has 0 saturated carbocycles. The lowest BCUT2D eigenvalue weighted by Gasteiger charge is -2.11. The summed E-state index contributed by atoms with van der Waals surface area (Å²) in [5, 5.41) is 3.14. The van der Waals surface area contributed by atoms with Crippen LogP contribution in [0.15, 0.2) is 42.5 Å². The van der Waals surface area contributed by atoms with E-state index in [2.05, 4.69) is 5.32 Å². The summed E-state index contributed by atoms with van der Waals surface area (Å²) >= 11 is 5.87. The molecule has 138 valence electrons. The molecule has 6 heteroatoms. The van der Waals surface area contributed by atoms with Crippen LogP contribution in [0.2, 0.25) is 5.02 Å². The minimum Gasteiger partial charge on any atom is -0.493 e. The summed E-state index contributed by atoms with van der Waals surface area (Å²) in [6.07, 6.45) is 0.819. The van der Waals surface area contributed by atoms with Gasteiger partial charge < -0.3 is 14.8 Å². The fourth-order valence-corrected chi connectivity index (χ4v) is 2.62. The van der Waals surface area contributed by atoms with Crippen molar-refractivity contribution in [3.63, 3.8) is 0 Å². The lowest BCUT2D eigenvalue weighted by molar-refractivity contribution is -0.120. The smallest absolute Gasteiger partial charge is 0.220 e. The number of halogens is 1. The van der Waals surface area contributed by atoms with Crippen LogP contribution in [0.1, 0.15) is 29.3 Å². The second kappa shape index (κ2) is 9.82. The van der Waals surface area contributed by atoms with Crippen LogP contribution in [-0.2, 0) is 11.2 Å². The van der Waals surface area contributed by atoms with Crippen LogP contribution in [0.5, 0.6) is 11.5 Å². The third-order valence-electron chi connectivity index (χ3n) is 3.76. The van der Waals surface area contributed by atoms with Crippen LogP contribution < -0.4 is 14.8 Å². The second-order valence-corrected chi connectivity index (χ2v) is 6.06. The van der Waals surface area contributed by atoms with Gasteiger partial charge in [-0.2, -0.15) is 0 Å². The average Bonchev–Trinajstić information content (AvgIpc) is 2.65. The molecule has 0 spiro atoms. The van der Waals surface area contributed by atoms with Crippen LogP contribution in [0, 0.1) is 0 Å². The first-order chi connectivity index (χ1) is 12.5. The van der Waals surface area contributed by atoms with Gasteiger partial charge in [-0.3, -0.25) is 9.59 Å². The molecule has 2 aromatic rings. The molecule has 0 radical (unpaired) electrons. The van der Waals surface area contributed by atoms with E-state index in [0.717, 1.165) is 5.56 Å². The number of carbonyl (C=O) groups is 2. The van der Waals surface area contributed by atoms with Crippen molar-refractivity contribution in [3.8, 4) is 11.5 Å². The molecular weight excluding hydrogens is 354 g/mol. The molecule has 0 aliphatic carbocycles. The summed E-state index contributed by atoms with van der Waals surface area (Å²) in [5.74, 6) is 0.952. The molecule has 1 N–H and O–H groups in total. The minimum atomic E-state index is -0.187. The zero-order chi connectivity index (χ0) is 18.9. The predicted molar refractivity (Wildman–Crippen MR) is 101 cm³/mol. The first-order valence-corrected chi connectivity index (χ1v) is 8.76. The van der Waals surface area contributed by atoms with Gasteiger partial charge in [0, 0.05) is 17.0 Å². The zero-order valence-corrected chi connectivity index (χ0v) is 15.6. The van der Waals surface area contributed by atoms with Gasteiger partial charge in [0.25, 0.3) is 0 Å². The average molecular weight is 376 g/mol. The van der Waals surface area contributed by atoms with Gasteiger partial charge >= 0.3 is 0 Å². The number of carbonyl (C=O) groups excluding carboxylic acids is 2. The van der Waals surface area contributed by atoms with Crippen molar-refractivity contribution in [1.82, 2.24) is 5.32 Å². The van der Waals surface area contributed by atoms with E-state index in [1.165, 1.54) is 0 Å². The van der Waals surface area contributed by atoms with E-state index in [4.69, 9.17) is 21.1 Å². The number of Topliss-reactive ketones (excluding diaryl/α,β-unsaturated/α-hetero) is 1. The number of benzene rings is 2. The molecule has 0 aliphatic heterocycles. The molecule has 2 aromatic carbocycles. The predicted octanol–water partition coefficient (Wildman–Crippen LogP) is 3.68. The number of amides is 1. The van der Waals surface area contributed by atoms with Gasteiger partial charge in [-0.25, -0.2) is 0 Å². The molecule has 0 bridgehead atoms. The number of hydrogen-bond acceptors (Lipinski definition) is 4. The third-order valence-corrected chi connectivity index (χ3v) is 4.00. The highest BCUT2D eigenvalue weighted by molar-refractivity contribution is 6.31. The Labute approximate surface area is 158 Å². The largest absolute Gasteiger partial charge is 0.493 e. The Morgan fingerprint density at radius 2 is 1.92 bits per heavy atom. The van der Waals surface area contributed by atoms with E-state index in [1.807, 2.05) is 25.1 Å². The van der Waals surface area contributed by atoms with Crippen LogP contribution in [0.25, 0.3) is 0 Å². The third kappa shape index (κ3) is 5.77. The highest BCUT2D eigenvalue weighted by Crippen LogP contribution is 2.28. The molecule has 0 heterocycles. The summed E-state index contributed by atoms with van der Waals surface area (Å²) in [7, 11) is 1.58. The Hall–Kier alpha value is -2.53. The second-order valence-electron chi connectivity index (χ2n) is 5.63. The Balaban J connectivity index is 1.84. The fraction of sp³-hybridized carbons (Fsp3) is 0.300. The van der Waals surface area contributed by atoms with Gasteiger partial charge in [0.05, 0.1) is 20.3 Å². The molecule has 1 amide bonds. The van der Waals surface area contributed by atoms with Crippen LogP contribution in [-0.4, -0.2) is 32.0 Å². The van der Waals surface area contributed by atoms with E-state index in [1.54, 1.807) is 31.4 Å². The van der Waals surface area contributed by atoms with Gasteiger partial charge in [-0.1, -0.05) is 29.8 Å². The van der Waals surface area contributed by atoms with Crippen LogP contribution >= 0.6 is 11.6 Å². The number of aryl methyl sites for hydroxylation is 1. The van der Waals surface area contributed by atoms with Crippen LogP contribution in [0.4, 0.5) is 0 Å². The summed E-state index contributed by atoms with van der Waals surface area (Å²) in [6.45, 7) is 2.41. The summed E-state index contributed by atoms with van der Waals surface area (Å²) in [5.41, 5.74) is 1.44. The van der Waals surface area contributed by atoms with Crippen molar-refractivity contribution in [2.45, 2.75) is 19.8 Å². The topological polar surface area (TPSA) is 64.6 Å². The van der Waals surface area contributed by atoms with Gasteiger partial charge in [-0.05, 0) is 43.2 Å². The highest BCUT2D eigenvalue weighted by atomic mass is 35.5. The van der Waals surface area contributed by atoms with E-state index >= 15 is 0 Å². The van der Waals surface area contributed by atoms with Crippen LogP contribution in [0.3, 0.4) is 0 Å². The Morgan fingerprint density at radius 1 is 1.12 bits per heavy atom. The maximum Gasteiger partial charge on any atom is 0.220 e. The van der Waals surface area contributed by atoms with Crippen molar-refractivity contribution >= 4 is 23.3 Å². The molecular formula is C20H22ClNO4. The fourth-order valence-electron chi connectivity index (χ4n) is 2.43. The highest BCUT2D eigenvalue weighted by Gasteiger charge is 2.10. The monoisotopic (exact) mass is 375 g/mol. The number of ketones is 1. The van der Waals surface area contributed by atoms with Crippen molar-refractivity contribution in [3.05, 3.63) is 58.6 Å². The molecule has 0 aliphatic rings. The van der Waals surface area contributed by atoms with Crippen molar-refractivity contribution in [2.24, 2.45) is 0 Å². The SMILES string of the molecule is CCOc1ccc(CCC(=O)NCC(=O)c2cccc(Cl)c2)cc1OC. The molecule has 0 unspecified atom stereocenters. The summed E-state index contributed by atoms with van der Waals surface area (Å²) in [6, 6.07) is 12.2. The molecule has 26 heavy (non-hydrogen) atoms. The molecule has 0 fully saturated rings. The van der Waals surface area contributed by atoms with Crippen molar-refractivity contribution in [2.75, 3.05) is 20.3 Å². The number of ether oxygens (including phenoxy) is 2. The molecule has 0 atom stereocenters. The van der Waals surface area contributed by atoms with Gasteiger partial charge in [0.1, 0.15) is 0 Å². The molecule has 0 aromatic heterocycles. The summed E-state index contributed by atoms with van der Waals surface area (Å²) < 4.78 is 10.8. The normalized spacial score (nSPS) is 10.3. The molecule has 0 saturated heterocycles. The minimum absolute atomic E-state index is 0.0498. The van der Waals surface area contributed by atoms with E-state index in [0.29, 0.717) is 35.1 Å². The number of methoxy groups -OCH3 is 1. The van der Waals surface area contributed by atoms with Crippen molar-refractivity contribution in [1.29, 1.82) is 0 Å². The number of nitrogens with one attached hydrogen (secondary N) is 1.